The average Bonchev–Trinajstić information content (AvgIpc) is 2.50. The molecule has 4 atom stereocenters. The molecule has 0 spiro atoms. The van der Waals surface area contributed by atoms with E-state index in [0.717, 1.165) is 6.42 Å². The molecule has 0 saturated heterocycles. The van der Waals surface area contributed by atoms with Crippen LogP contribution >= 0.6 is 0 Å². The molecule has 98 valence electrons. The first-order valence-electron chi connectivity index (χ1n) is 6.68. The molecule has 1 aliphatic carbocycles. The number of hydrogen-bond donors (Lipinski definition) is 1. The van der Waals surface area contributed by atoms with Crippen molar-refractivity contribution in [3.8, 4) is 0 Å². The molecule has 0 amide bonds. The molecule has 2 nitrogen and oxygen atoms in total. The van der Waals surface area contributed by atoms with E-state index in [1.807, 2.05) is 18.2 Å². The van der Waals surface area contributed by atoms with Crippen LogP contribution in [0.5, 0.6) is 0 Å². The highest BCUT2D eigenvalue weighted by Crippen LogP contribution is 2.27. The summed E-state index contributed by atoms with van der Waals surface area (Å²) in [6.07, 6.45) is 4.74. The van der Waals surface area contributed by atoms with Gasteiger partial charge in [-0.05, 0) is 12.0 Å². The largest absolute Gasteiger partial charge is 0.392 e. The van der Waals surface area contributed by atoms with Crippen molar-refractivity contribution in [3.63, 3.8) is 0 Å². The van der Waals surface area contributed by atoms with E-state index in [-0.39, 0.29) is 18.1 Å². The van der Waals surface area contributed by atoms with E-state index in [9.17, 15) is 5.11 Å². The molecule has 0 radical (unpaired) electrons. The molecule has 1 aromatic carbocycles. The Morgan fingerprint density at radius 3 is 2.67 bits per heavy atom. The summed E-state index contributed by atoms with van der Waals surface area (Å²) in [4.78, 5) is 0. The minimum absolute atomic E-state index is 0.0824. The van der Waals surface area contributed by atoms with Crippen LogP contribution in [0.15, 0.2) is 42.5 Å². The molecule has 1 aromatic rings. The summed E-state index contributed by atoms with van der Waals surface area (Å²) < 4.78 is 6.03. The maximum Gasteiger partial charge on any atom is 0.0721 e. The fourth-order valence-corrected chi connectivity index (χ4v) is 2.52. The Balaban J connectivity index is 1.99. The van der Waals surface area contributed by atoms with Crippen molar-refractivity contribution in [2.75, 3.05) is 0 Å². The Morgan fingerprint density at radius 1 is 1.22 bits per heavy atom. The Hall–Kier alpha value is -1.12. The summed E-state index contributed by atoms with van der Waals surface area (Å²) in [5, 5.41) is 10.0. The zero-order chi connectivity index (χ0) is 13.0. The molecule has 2 heteroatoms. The molecule has 0 saturated carbocycles. The maximum atomic E-state index is 10.0. The van der Waals surface area contributed by atoms with Gasteiger partial charge in [-0.2, -0.15) is 0 Å². The predicted molar refractivity (Wildman–Crippen MR) is 73.1 cm³/mol. The van der Waals surface area contributed by atoms with E-state index in [0.29, 0.717) is 12.5 Å². The number of rotatable bonds is 3. The zero-order valence-electron chi connectivity index (χ0n) is 11.1. The lowest BCUT2D eigenvalue weighted by molar-refractivity contribution is -0.0516. The van der Waals surface area contributed by atoms with Gasteiger partial charge >= 0.3 is 0 Å². The summed E-state index contributed by atoms with van der Waals surface area (Å²) >= 11 is 0. The van der Waals surface area contributed by atoms with Gasteiger partial charge in [-0.3, -0.25) is 0 Å². The number of aliphatic hydroxyl groups is 1. The molecule has 0 heterocycles. The van der Waals surface area contributed by atoms with Crippen molar-refractivity contribution in [1.82, 2.24) is 0 Å². The normalized spacial score (nSPS) is 32.2. The molecule has 1 aliphatic rings. The van der Waals surface area contributed by atoms with E-state index in [2.05, 4.69) is 38.1 Å². The van der Waals surface area contributed by atoms with Gasteiger partial charge in [-0.15, -0.1) is 0 Å². The Morgan fingerprint density at radius 2 is 1.94 bits per heavy atom. The van der Waals surface area contributed by atoms with Gasteiger partial charge in [0.15, 0.2) is 0 Å². The van der Waals surface area contributed by atoms with Crippen LogP contribution in [0.2, 0.25) is 0 Å². The quantitative estimate of drug-likeness (QED) is 0.830. The lowest BCUT2D eigenvalue weighted by Gasteiger charge is -2.29. The van der Waals surface area contributed by atoms with Gasteiger partial charge < -0.3 is 9.84 Å². The van der Waals surface area contributed by atoms with Crippen LogP contribution in [-0.4, -0.2) is 17.3 Å². The molecule has 0 aliphatic heterocycles. The first-order chi connectivity index (χ1) is 8.68. The molecular weight excluding hydrogens is 224 g/mol. The summed E-state index contributed by atoms with van der Waals surface area (Å²) in [7, 11) is 0. The highest BCUT2D eigenvalue weighted by Gasteiger charge is 2.29. The third kappa shape index (κ3) is 3.21. The van der Waals surface area contributed by atoms with Crippen LogP contribution < -0.4 is 0 Å². The third-order valence-electron chi connectivity index (χ3n) is 3.75. The second-order valence-corrected chi connectivity index (χ2v) is 5.21. The Labute approximate surface area is 109 Å². The topological polar surface area (TPSA) is 29.5 Å². The van der Waals surface area contributed by atoms with Crippen molar-refractivity contribution in [3.05, 3.63) is 48.0 Å². The van der Waals surface area contributed by atoms with Crippen molar-refractivity contribution < 1.29 is 9.84 Å². The van der Waals surface area contributed by atoms with Gasteiger partial charge in [0, 0.05) is 11.8 Å². The van der Waals surface area contributed by atoms with Crippen LogP contribution in [0.4, 0.5) is 0 Å². The van der Waals surface area contributed by atoms with Crippen LogP contribution in [0, 0.1) is 11.8 Å². The molecule has 0 bridgehead atoms. The van der Waals surface area contributed by atoms with Crippen molar-refractivity contribution in [2.45, 2.75) is 39.1 Å². The maximum absolute atomic E-state index is 10.0. The van der Waals surface area contributed by atoms with E-state index in [4.69, 9.17) is 4.74 Å². The predicted octanol–water partition coefficient (Wildman–Crippen LogP) is 3.16. The minimum atomic E-state index is -0.299. The Bertz CT molecular complexity index is 385. The van der Waals surface area contributed by atoms with Gasteiger partial charge in [0.05, 0.1) is 18.8 Å². The number of ether oxygens (including phenoxy) is 1. The number of hydrogen-bond acceptors (Lipinski definition) is 2. The van der Waals surface area contributed by atoms with Crippen molar-refractivity contribution in [2.24, 2.45) is 11.8 Å². The summed E-state index contributed by atoms with van der Waals surface area (Å²) in [5.41, 5.74) is 1.18. The van der Waals surface area contributed by atoms with Gasteiger partial charge in [0.25, 0.3) is 0 Å². The SMILES string of the molecule is C[C@@H]1C=CC[C@@H](O)[C@H](C)C1OCc1ccccc1. The van der Waals surface area contributed by atoms with Crippen LogP contribution in [0.25, 0.3) is 0 Å². The molecule has 0 aromatic heterocycles. The highest BCUT2D eigenvalue weighted by molar-refractivity contribution is 5.13. The molecular formula is C16H22O2. The fraction of sp³-hybridized carbons (Fsp3) is 0.500. The molecule has 1 unspecified atom stereocenters. The number of aliphatic hydroxyl groups excluding tert-OH is 1. The van der Waals surface area contributed by atoms with E-state index >= 15 is 0 Å². The molecule has 18 heavy (non-hydrogen) atoms. The van der Waals surface area contributed by atoms with Crippen LogP contribution in [0.3, 0.4) is 0 Å². The second-order valence-electron chi connectivity index (χ2n) is 5.21. The van der Waals surface area contributed by atoms with Gasteiger partial charge in [0.1, 0.15) is 0 Å². The molecule has 0 fully saturated rings. The van der Waals surface area contributed by atoms with E-state index in [1.54, 1.807) is 0 Å². The Kier molecular flexibility index (Phi) is 4.56. The van der Waals surface area contributed by atoms with Gasteiger partial charge in [-0.25, -0.2) is 0 Å². The lowest BCUT2D eigenvalue weighted by atomic mass is 9.91. The monoisotopic (exact) mass is 246 g/mol. The van der Waals surface area contributed by atoms with Gasteiger partial charge in [0.2, 0.25) is 0 Å². The standard InChI is InChI=1S/C16H22O2/c1-12-7-6-10-15(17)13(2)16(12)18-11-14-8-4-3-5-9-14/h3-9,12-13,15-17H,10-11H2,1-2H3/t12-,13+,15-,16?/m1/s1. The molecule has 2 rings (SSSR count). The molecule has 1 N–H and O–H groups in total. The average molecular weight is 246 g/mol. The fourth-order valence-electron chi connectivity index (χ4n) is 2.52. The van der Waals surface area contributed by atoms with Crippen molar-refractivity contribution in [1.29, 1.82) is 0 Å². The van der Waals surface area contributed by atoms with Crippen LogP contribution in [-0.2, 0) is 11.3 Å². The van der Waals surface area contributed by atoms with E-state index < -0.39 is 0 Å². The van der Waals surface area contributed by atoms with Gasteiger partial charge in [-0.1, -0.05) is 56.3 Å². The second kappa shape index (κ2) is 6.17. The van der Waals surface area contributed by atoms with Crippen LogP contribution in [0.1, 0.15) is 25.8 Å². The third-order valence-corrected chi connectivity index (χ3v) is 3.75. The smallest absolute Gasteiger partial charge is 0.0721 e. The minimum Gasteiger partial charge on any atom is -0.392 e. The first-order valence-corrected chi connectivity index (χ1v) is 6.68. The summed E-state index contributed by atoms with van der Waals surface area (Å²) in [6.45, 7) is 4.84. The highest BCUT2D eigenvalue weighted by atomic mass is 16.5. The van der Waals surface area contributed by atoms with Crippen molar-refractivity contribution >= 4 is 0 Å². The van der Waals surface area contributed by atoms with E-state index in [1.165, 1.54) is 5.56 Å². The summed E-state index contributed by atoms with van der Waals surface area (Å²) in [6, 6.07) is 10.2. The number of benzene rings is 1. The summed E-state index contributed by atoms with van der Waals surface area (Å²) in [5.74, 6) is 0.513. The first kappa shape index (κ1) is 13.3. The lowest BCUT2D eigenvalue weighted by Crippen LogP contribution is -2.34. The zero-order valence-corrected chi connectivity index (χ0v) is 11.1.